The van der Waals surface area contributed by atoms with Crippen molar-refractivity contribution >= 4 is 23.4 Å². The molecule has 1 aromatic rings. The number of anilines is 2. The third-order valence-electron chi connectivity index (χ3n) is 2.31. The Morgan fingerprint density at radius 1 is 1.53 bits per heavy atom. The van der Waals surface area contributed by atoms with Gasteiger partial charge in [-0.25, -0.2) is 4.98 Å². The molecule has 1 rings (SSSR count). The number of primary amides is 1. The van der Waals surface area contributed by atoms with Crippen LogP contribution < -0.4 is 16.0 Å². The largest absolute Gasteiger partial charge is 0.368 e. The van der Waals surface area contributed by atoms with Gasteiger partial charge in [0.15, 0.2) is 0 Å². The number of nitro groups is 1. The monoisotopic (exact) mass is 268 g/mol. The predicted molar refractivity (Wildman–Crippen MR) is 70.1 cm³/mol. The molecule has 9 heteroatoms. The van der Waals surface area contributed by atoms with Crippen molar-refractivity contribution in [1.82, 2.24) is 9.97 Å². The van der Waals surface area contributed by atoms with Crippen molar-refractivity contribution in [3.63, 3.8) is 0 Å². The van der Waals surface area contributed by atoms with Crippen LogP contribution in [0.5, 0.6) is 0 Å². The van der Waals surface area contributed by atoms with Crippen LogP contribution in [-0.4, -0.2) is 40.9 Å². The van der Waals surface area contributed by atoms with Crippen molar-refractivity contribution in [1.29, 1.82) is 0 Å². The van der Waals surface area contributed by atoms with Crippen LogP contribution in [0.25, 0.3) is 0 Å². The highest BCUT2D eigenvalue weighted by molar-refractivity contribution is 5.80. The summed E-state index contributed by atoms with van der Waals surface area (Å²) >= 11 is 0. The van der Waals surface area contributed by atoms with Crippen molar-refractivity contribution in [2.45, 2.75) is 13.8 Å². The molecule has 0 unspecified atom stereocenters. The highest BCUT2D eigenvalue weighted by Crippen LogP contribution is 2.28. The molecule has 0 atom stereocenters. The van der Waals surface area contributed by atoms with Crippen molar-refractivity contribution in [3.05, 3.63) is 15.8 Å². The van der Waals surface area contributed by atoms with Crippen LogP contribution in [0.4, 0.5) is 17.5 Å². The van der Waals surface area contributed by atoms with E-state index in [2.05, 4.69) is 15.3 Å². The van der Waals surface area contributed by atoms with Gasteiger partial charge in [0.1, 0.15) is 5.69 Å². The first-order chi connectivity index (χ1) is 8.86. The SMILES string of the molecule is CCNc1nc(C)c([N+](=O)[O-])c(N(C)CC(N)=O)n1. The Hall–Kier alpha value is -2.45. The predicted octanol–water partition coefficient (Wildman–Crippen LogP) is 0.0465. The summed E-state index contributed by atoms with van der Waals surface area (Å²) in [5, 5.41) is 13.9. The van der Waals surface area contributed by atoms with E-state index in [-0.39, 0.29) is 29.7 Å². The Morgan fingerprint density at radius 2 is 2.16 bits per heavy atom. The van der Waals surface area contributed by atoms with Gasteiger partial charge in [0, 0.05) is 13.6 Å². The zero-order chi connectivity index (χ0) is 14.6. The van der Waals surface area contributed by atoms with E-state index in [1.54, 1.807) is 0 Å². The minimum Gasteiger partial charge on any atom is -0.368 e. The lowest BCUT2D eigenvalue weighted by Crippen LogP contribution is -2.32. The fourth-order valence-electron chi connectivity index (χ4n) is 1.58. The number of hydrogen-bond donors (Lipinski definition) is 2. The molecule has 0 fully saturated rings. The normalized spacial score (nSPS) is 10.1. The number of nitrogens with zero attached hydrogens (tertiary/aromatic N) is 4. The maximum Gasteiger partial charge on any atom is 0.332 e. The lowest BCUT2D eigenvalue weighted by Gasteiger charge is -2.17. The number of aryl methyl sites for hydroxylation is 1. The number of rotatable bonds is 6. The molecular weight excluding hydrogens is 252 g/mol. The van der Waals surface area contributed by atoms with Gasteiger partial charge >= 0.3 is 5.69 Å². The number of likely N-dealkylation sites (N-methyl/N-ethyl adjacent to an activating group) is 1. The first kappa shape index (κ1) is 14.6. The summed E-state index contributed by atoms with van der Waals surface area (Å²) in [5.41, 5.74) is 5.08. The molecule has 1 aromatic heterocycles. The van der Waals surface area contributed by atoms with Crippen molar-refractivity contribution < 1.29 is 9.72 Å². The molecule has 9 nitrogen and oxygen atoms in total. The minimum atomic E-state index is -0.599. The Balaban J connectivity index is 3.30. The summed E-state index contributed by atoms with van der Waals surface area (Å²) in [5.74, 6) is -0.262. The van der Waals surface area contributed by atoms with Crippen LogP contribution >= 0.6 is 0 Å². The lowest BCUT2D eigenvalue weighted by atomic mass is 10.3. The zero-order valence-electron chi connectivity index (χ0n) is 11.0. The Morgan fingerprint density at radius 3 is 2.63 bits per heavy atom. The van der Waals surface area contributed by atoms with Gasteiger partial charge in [-0.15, -0.1) is 0 Å². The molecule has 1 amide bonds. The van der Waals surface area contributed by atoms with Gasteiger partial charge in [0.05, 0.1) is 11.5 Å². The molecule has 0 aliphatic carbocycles. The second-order valence-electron chi connectivity index (χ2n) is 3.91. The standard InChI is InChI=1S/C10H16N6O3/c1-4-12-10-13-6(2)8(16(18)19)9(14-10)15(3)5-7(11)17/h4-5H2,1-3H3,(H2,11,17)(H,12,13,14). The molecule has 0 saturated heterocycles. The number of aromatic nitrogens is 2. The summed E-state index contributed by atoms with van der Waals surface area (Å²) in [6.07, 6.45) is 0. The number of amides is 1. The zero-order valence-corrected chi connectivity index (χ0v) is 11.0. The van der Waals surface area contributed by atoms with Crippen LogP contribution in [0, 0.1) is 17.0 Å². The molecule has 19 heavy (non-hydrogen) atoms. The van der Waals surface area contributed by atoms with Gasteiger partial charge in [0.25, 0.3) is 0 Å². The molecule has 0 saturated carbocycles. The van der Waals surface area contributed by atoms with Crippen molar-refractivity contribution in [3.8, 4) is 0 Å². The maximum atomic E-state index is 11.1. The van der Waals surface area contributed by atoms with Crippen LogP contribution in [0.3, 0.4) is 0 Å². The average Bonchev–Trinajstić information content (AvgIpc) is 2.26. The van der Waals surface area contributed by atoms with Gasteiger partial charge in [-0.3, -0.25) is 14.9 Å². The molecule has 0 aliphatic rings. The molecule has 0 aliphatic heterocycles. The molecule has 1 heterocycles. The summed E-state index contributed by atoms with van der Waals surface area (Å²) in [7, 11) is 1.51. The smallest absolute Gasteiger partial charge is 0.332 e. The highest BCUT2D eigenvalue weighted by atomic mass is 16.6. The Kier molecular flexibility index (Phi) is 4.56. The maximum absolute atomic E-state index is 11.1. The van der Waals surface area contributed by atoms with Crippen LogP contribution in [0.1, 0.15) is 12.6 Å². The minimum absolute atomic E-state index is 0.0623. The number of nitrogens with one attached hydrogen (secondary N) is 1. The first-order valence-electron chi connectivity index (χ1n) is 5.63. The summed E-state index contributed by atoms with van der Waals surface area (Å²) < 4.78 is 0. The van der Waals surface area contributed by atoms with Crippen LogP contribution in [-0.2, 0) is 4.79 Å². The Labute approximate surface area is 110 Å². The number of hydrogen-bond acceptors (Lipinski definition) is 7. The van der Waals surface area contributed by atoms with E-state index in [1.165, 1.54) is 18.9 Å². The van der Waals surface area contributed by atoms with E-state index >= 15 is 0 Å². The third kappa shape index (κ3) is 3.50. The molecule has 104 valence electrons. The van der Waals surface area contributed by atoms with Gasteiger partial charge in [-0.1, -0.05) is 0 Å². The number of carbonyl (C=O) groups is 1. The second-order valence-corrected chi connectivity index (χ2v) is 3.91. The highest BCUT2D eigenvalue weighted by Gasteiger charge is 2.25. The lowest BCUT2D eigenvalue weighted by molar-refractivity contribution is -0.385. The Bertz CT molecular complexity index is 504. The van der Waals surface area contributed by atoms with Crippen LogP contribution in [0.15, 0.2) is 0 Å². The van der Waals surface area contributed by atoms with E-state index in [0.717, 1.165) is 0 Å². The quantitative estimate of drug-likeness (QED) is 0.551. The molecule has 0 radical (unpaired) electrons. The van der Waals surface area contributed by atoms with Crippen LogP contribution in [0.2, 0.25) is 0 Å². The van der Waals surface area contributed by atoms with Crippen molar-refractivity contribution in [2.24, 2.45) is 5.73 Å². The van der Waals surface area contributed by atoms with Gasteiger partial charge in [-0.2, -0.15) is 4.98 Å². The van der Waals surface area contributed by atoms with E-state index < -0.39 is 10.8 Å². The fraction of sp³-hybridized carbons (Fsp3) is 0.500. The topological polar surface area (TPSA) is 127 Å². The van der Waals surface area contributed by atoms with Gasteiger partial charge in [0.2, 0.25) is 17.7 Å². The van der Waals surface area contributed by atoms with E-state index in [0.29, 0.717) is 6.54 Å². The second kappa shape index (κ2) is 5.94. The van der Waals surface area contributed by atoms with Gasteiger partial charge < -0.3 is 16.0 Å². The molecular formula is C10H16N6O3. The fourth-order valence-corrected chi connectivity index (χ4v) is 1.58. The molecule has 3 N–H and O–H groups in total. The molecule has 0 aromatic carbocycles. The summed E-state index contributed by atoms with van der Waals surface area (Å²) in [4.78, 5) is 30.8. The van der Waals surface area contributed by atoms with E-state index in [1.807, 2.05) is 6.92 Å². The summed E-state index contributed by atoms with van der Waals surface area (Å²) in [6, 6.07) is 0. The average molecular weight is 268 g/mol. The van der Waals surface area contributed by atoms with E-state index in [4.69, 9.17) is 5.73 Å². The molecule has 0 bridgehead atoms. The van der Waals surface area contributed by atoms with Crippen molar-refractivity contribution in [2.75, 3.05) is 30.4 Å². The number of carbonyl (C=O) groups excluding carboxylic acids is 1. The van der Waals surface area contributed by atoms with E-state index in [9.17, 15) is 14.9 Å². The number of nitrogens with two attached hydrogens (primary N) is 1. The third-order valence-corrected chi connectivity index (χ3v) is 2.31. The summed E-state index contributed by atoms with van der Waals surface area (Å²) in [6.45, 7) is 3.79. The molecule has 0 spiro atoms. The first-order valence-corrected chi connectivity index (χ1v) is 5.63. The van der Waals surface area contributed by atoms with Gasteiger partial charge in [-0.05, 0) is 13.8 Å².